The fraction of sp³-hybridized carbons (Fsp3) is 0.500. The van der Waals surface area contributed by atoms with Gasteiger partial charge in [-0.2, -0.15) is 5.26 Å². The van der Waals surface area contributed by atoms with E-state index in [4.69, 9.17) is 5.14 Å². The largest absolute Gasteiger partial charge is 0.336 e. The predicted octanol–water partition coefficient (Wildman–Crippen LogP) is 1.40. The number of halogens is 1. The fourth-order valence-corrected chi connectivity index (χ4v) is 3.83. The van der Waals surface area contributed by atoms with E-state index in [0.717, 1.165) is 0 Å². The maximum absolute atomic E-state index is 12.8. The van der Waals surface area contributed by atoms with Crippen LogP contribution in [0, 0.1) is 17.2 Å². The van der Waals surface area contributed by atoms with Crippen LogP contribution in [0.3, 0.4) is 0 Å². The van der Waals surface area contributed by atoms with Gasteiger partial charge in [0.05, 0.1) is 16.5 Å². The molecule has 1 aromatic carbocycles. The third kappa shape index (κ3) is 4.58. The summed E-state index contributed by atoms with van der Waals surface area (Å²) in [5.74, 6) is -0.0390. The van der Waals surface area contributed by atoms with E-state index in [1.54, 1.807) is 4.90 Å². The van der Waals surface area contributed by atoms with Gasteiger partial charge in [0.25, 0.3) is 5.91 Å². The Balaban J connectivity index is 2.15. The SMILES string of the molecule is CC(C)C(C#N)N1CCN(C(=O)c2cc(S(N)(=O)=O)ccc2Br)CC1. The Morgan fingerprint density at radius 3 is 2.36 bits per heavy atom. The molecular weight excluding hydrogens is 408 g/mol. The number of nitrogens with zero attached hydrogens (tertiary/aromatic N) is 3. The number of sulfonamides is 1. The molecule has 1 saturated heterocycles. The Bertz CT molecular complexity index is 796. The molecule has 7 nitrogen and oxygen atoms in total. The first-order valence-corrected chi connectivity index (χ1v) is 10.2. The van der Waals surface area contributed by atoms with Crippen molar-refractivity contribution in [2.75, 3.05) is 26.2 Å². The summed E-state index contributed by atoms with van der Waals surface area (Å²) >= 11 is 3.29. The van der Waals surface area contributed by atoms with Crippen molar-refractivity contribution in [3.05, 3.63) is 28.2 Å². The summed E-state index contributed by atoms with van der Waals surface area (Å²) in [6, 6.07) is 6.30. The van der Waals surface area contributed by atoms with E-state index < -0.39 is 10.0 Å². The Morgan fingerprint density at radius 1 is 1.28 bits per heavy atom. The van der Waals surface area contributed by atoms with Gasteiger partial charge in [-0.3, -0.25) is 9.69 Å². The quantitative estimate of drug-likeness (QED) is 0.779. The van der Waals surface area contributed by atoms with Gasteiger partial charge >= 0.3 is 0 Å². The van der Waals surface area contributed by atoms with Crippen LogP contribution in [0.15, 0.2) is 27.6 Å². The second-order valence-electron chi connectivity index (χ2n) is 6.33. The minimum Gasteiger partial charge on any atom is -0.336 e. The normalized spacial score (nSPS) is 17.4. The molecule has 25 heavy (non-hydrogen) atoms. The minimum absolute atomic E-state index is 0.0953. The summed E-state index contributed by atoms with van der Waals surface area (Å²) in [6.07, 6.45) is 0. The number of carbonyl (C=O) groups excluding carboxylic acids is 1. The molecule has 0 radical (unpaired) electrons. The van der Waals surface area contributed by atoms with Crippen LogP contribution in [0.2, 0.25) is 0 Å². The van der Waals surface area contributed by atoms with Crippen LogP contribution in [0.5, 0.6) is 0 Å². The molecule has 2 N–H and O–H groups in total. The molecule has 0 bridgehead atoms. The molecule has 1 heterocycles. The molecule has 0 saturated carbocycles. The Labute approximate surface area is 156 Å². The number of piperazine rings is 1. The summed E-state index contributed by atoms with van der Waals surface area (Å²) < 4.78 is 23.5. The number of nitriles is 1. The highest BCUT2D eigenvalue weighted by molar-refractivity contribution is 9.10. The first-order chi connectivity index (χ1) is 11.6. The maximum atomic E-state index is 12.8. The maximum Gasteiger partial charge on any atom is 0.255 e. The van der Waals surface area contributed by atoms with Gasteiger partial charge in [-0.15, -0.1) is 0 Å². The number of carbonyl (C=O) groups is 1. The van der Waals surface area contributed by atoms with Crippen molar-refractivity contribution < 1.29 is 13.2 Å². The number of amides is 1. The van der Waals surface area contributed by atoms with Gasteiger partial charge in [-0.25, -0.2) is 13.6 Å². The van der Waals surface area contributed by atoms with Crippen LogP contribution in [-0.2, 0) is 10.0 Å². The van der Waals surface area contributed by atoms with E-state index in [-0.39, 0.29) is 28.3 Å². The summed E-state index contributed by atoms with van der Waals surface area (Å²) in [5, 5.41) is 14.4. The van der Waals surface area contributed by atoms with E-state index in [0.29, 0.717) is 30.7 Å². The second-order valence-corrected chi connectivity index (χ2v) is 8.75. The summed E-state index contributed by atoms with van der Waals surface area (Å²) in [7, 11) is -3.88. The van der Waals surface area contributed by atoms with Crippen LogP contribution in [0.1, 0.15) is 24.2 Å². The Kier molecular flexibility index (Phi) is 6.21. The van der Waals surface area contributed by atoms with Crippen molar-refractivity contribution in [1.82, 2.24) is 9.80 Å². The number of nitrogens with two attached hydrogens (primary N) is 1. The number of primary sulfonamides is 1. The van der Waals surface area contributed by atoms with Gasteiger partial charge in [0, 0.05) is 30.7 Å². The van der Waals surface area contributed by atoms with Crippen LogP contribution in [0.4, 0.5) is 0 Å². The highest BCUT2D eigenvalue weighted by atomic mass is 79.9. The molecule has 1 unspecified atom stereocenters. The fourth-order valence-electron chi connectivity index (χ4n) is 2.87. The van der Waals surface area contributed by atoms with Crippen LogP contribution in [0.25, 0.3) is 0 Å². The highest BCUT2D eigenvalue weighted by Gasteiger charge is 2.29. The molecule has 1 aromatic rings. The predicted molar refractivity (Wildman–Crippen MR) is 97.2 cm³/mol. The molecule has 136 valence electrons. The molecule has 1 atom stereocenters. The highest BCUT2D eigenvalue weighted by Crippen LogP contribution is 2.23. The van der Waals surface area contributed by atoms with E-state index >= 15 is 0 Å². The standard InChI is InChI=1S/C16H21BrN4O3S/c1-11(2)15(10-18)20-5-7-21(8-6-20)16(22)13-9-12(25(19,23)24)3-4-14(13)17/h3-4,9,11,15H,5-8H2,1-2H3,(H2,19,23,24). The van der Waals surface area contributed by atoms with E-state index in [9.17, 15) is 18.5 Å². The van der Waals surface area contributed by atoms with Crippen molar-refractivity contribution in [1.29, 1.82) is 5.26 Å². The first kappa shape index (κ1) is 19.8. The molecule has 0 spiro atoms. The zero-order chi connectivity index (χ0) is 18.8. The summed E-state index contributed by atoms with van der Waals surface area (Å²) in [4.78, 5) is 16.4. The molecule has 9 heteroatoms. The first-order valence-electron chi connectivity index (χ1n) is 7.90. The van der Waals surface area contributed by atoms with E-state index in [1.165, 1.54) is 18.2 Å². The monoisotopic (exact) mass is 428 g/mol. The van der Waals surface area contributed by atoms with Gasteiger partial charge in [0.2, 0.25) is 10.0 Å². The third-order valence-corrected chi connectivity index (χ3v) is 5.86. The number of hydrogen-bond acceptors (Lipinski definition) is 5. The minimum atomic E-state index is -3.88. The van der Waals surface area contributed by atoms with Gasteiger partial charge in [0.15, 0.2) is 0 Å². The van der Waals surface area contributed by atoms with Gasteiger partial charge in [-0.1, -0.05) is 13.8 Å². The van der Waals surface area contributed by atoms with Crippen LogP contribution < -0.4 is 5.14 Å². The lowest BCUT2D eigenvalue weighted by Gasteiger charge is -2.38. The lowest BCUT2D eigenvalue weighted by molar-refractivity contribution is 0.0575. The van der Waals surface area contributed by atoms with E-state index in [2.05, 4.69) is 26.9 Å². The lowest BCUT2D eigenvalue weighted by atomic mass is 10.0. The average Bonchev–Trinajstić information content (AvgIpc) is 2.54. The van der Waals surface area contributed by atoms with Gasteiger partial charge < -0.3 is 4.90 Å². The average molecular weight is 429 g/mol. The van der Waals surface area contributed by atoms with Crippen LogP contribution >= 0.6 is 15.9 Å². The van der Waals surface area contributed by atoms with Gasteiger partial charge in [0.1, 0.15) is 6.04 Å². The topological polar surface area (TPSA) is 108 Å². The Morgan fingerprint density at radius 2 is 1.88 bits per heavy atom. The number of rotatable bonds is 4. The van der Waals surface area contributed by atoms with Crippen molar-refractivity contribution in [2.24, 2.45) is 11.1 Å². The van der Waals surface area contributed by atoms with Crippen molar-refractivity contribution in [3.8, 4) is 6.07 Å². The second kappa shape index (κ2) is 7.83. The lowest BCUT2D eigenvalue weighted by Crippen LogP contribution is -2.52. The number of hydrogen-bond donors (Lipinski definition) is 1. The molecule has 1 aliphatic heterocycles. The zero-order valence-electron chi connectivity index (χ0n) is 14.1. The van der Waals surface area contributed by atoms with Crippen molar-refractivity contribution >= 4 is 31.9 Å². The molecule has 1 fully saturated rings. The molecule has 0 aromatic heterocycles. The van der Waals surface area contributed by atoms with Crippen molar-refractivity contribution in [3.63, 3.8) is 0 Å². The third-order valence-electron chi connectivity index (χ3n) is 4.26. The Hall–Kier alpha value is -1.47. The summed E-state index contributed by atoms with van der Waals surface area (Å²) in [5.41, 5.74) is 0.265. The smallest absolute Gasteiger partial charge is 0.255 e. The molecule has 1 amide bonds. The molecule has 2 rings (SSSR count). The van der Waals surface area contributed by atoms with Gasteiger partial charge in [-0.05, 0) is 40.0 Å². The molecule has 0 aliphatic carbocycles. The van der Waals surface area contributed by atoms with E-state index in [1.807, 2.05) is 13.8 Å². The number of benzene rings is 1. The zero-order valence-corrected chi connectivity index (χ0v) is 16.5. The molecule has 1 aliphatic rings. The van der Waals surface area contributed by atoms with Crippen LogP contribution in [-0.4, -0.2) is 56.3 Å². The van der Waals surface area contributed by atoms with Crippen molar-refractivity contribution in [2.45, 2.75) is 24.8 Å². The summed E-state index contributed by atoms with van der Waals surface area (Å²) in [6.45, 7) is 6.18. The molecular formula is C16H21BrN4O3S.